The fourth-order valence-electron chi connectivity index (χ4n) is 2.66. The van der Waals surface area contributed by atoms with Crippen molar-refractivity contribution < 1.29 is 19.1 Å². The minimum Gasteiger partial charge on any atom is -0.462 e. The third-order valence-corrected chi connectivity index (χ3v) is 4.30. The average molecular weight is 375 g/mol. The molecular formula is C23H34O4. The highest BCUT2D eigenvalue weighted by Crippen LogP contribution is 2.13. The molecule has 0 spiro atoms. The van der Waals surface area contributed by atoms with Crippen molar-refractivity contribution in [2.45, 2.75) is 71.6 Å². The van der Waals surface area contributed by atoms with Gasteiger partial charge in [0.15, 0.2) is 0 Å². The Morgan fingerprint density at radius 2 is 1.37 bits per heavy atom. The summed E-state index contributed by atoms with van der Waals surface area (Å²) in [6.45, 7) is 4.82. The monoisotopic (exact) mass is 374 g/mol. The molecule has 0 heterocycles. The third-order valence-electron chi connectivity index (χ3n) is 4.30. The van der Waals surface area contributed by atoms with Crippen molar-refractivity contribution in [1.82, 2.24) is 0 Å². The van der Waals surface area contributed by atoms with E-state index >= 15 is 0 Å². The lowest BCUT2D eigenvalue weighted by Crippen LogP contribution is -2.14. The molecule has 0 saturated heterocycles. The maximum absolute atomic E-state index is 12.3. The Labute approximate surface area is 163 Å². The quantitative estimate of drug-likeness (QED) is 0.224. The van der Waals surface area contributed by atoms with Gasteiger partial charge in [-0.2, -0.15) is 0 Å². The molecule has 0 atom stereocenters. The topological polar surface area (TPSA) is 52.6 Å². The summed E-state index contributed by atoms with van der Waals surface area (Å²) in [7, 11) is 0. The van der Waals surface area contributed by atoms with E-state index in [1.54, 1.807) is 24.3 Å². The first-order chi connectivity index (χ1) is 13.2. The summed E-state index contributed by atoms with van der Waals surface area (Å²) in [5, 5.41) is 0. The molecule has 150 valence electrons. The Balaban J connectivity index is 2.36. The molecule has 4 heteroatoms. The van der Waals surface area contributed by atoms with Gasteiger partial charge in [0.25, 0.3) is 0 Å². The van der Waals surface area contributed by atoms with Crippen LogP contribution in [-0.4, -0.2) is 25.2 Å². The van der Waals surface area contributed by atoms with E-state index in [4.69, 9.17) is 9.47 Å². The molecule has 0 aliphatic rings. The number of benzene rings is 1. The molecule has 0 fully saturated rings. The van der Waals surface area contributed by atoms with Gasteiger partial charge in [-0.1, -0.05) is 76.7 Å². The van der Waals surface area contributed by atoms with Crippen LogP contribution >= 0.6 is 0 Å². The lowest BCUT2D eigenvalue weighted by molar-refractivity contribution is 0.0471. The predicted molar refractivity (Wildman–Crippen MR) is 109 cm³/mol. The van der Waals surface area contributed by atoms with Crippen LogP contribution in [-0.2, 0) is 9.47 Å². The molecule has 0 aliphatic carbocycles. The van der Waals surface area contributed by atoms with Crippen molar-refractivity contribution in [3.8, 4) is 0 Å². The molecule has 0 N–H and O–H groups in total. The van der Waals surface area contributed by atoms with Crippen LogP contribution in [0.15, 0.2) is 36.4 Å². The van der Waals surface area contributed by atoms with Crippen LogP contribution in [0.3, 0.4) is 0 Å². The molecular weight excluding hydrogens is 340 g/mol. The van der Waals surface area contributed by atoms with Crippen molar-refractivity contribution in [2.75, 3.05) is 13.2 Å². The van der Waals surface area contributed by atoms with E-state index in [-0.39, 0.29) is 17.7 Å². The lowest BCUT2D eigenvalue weighted by atomic mass is 10.1. The first-order valence-electron chi connectivity index (χ1n) is 10.3. The number of rotatable bonds is 14. The Bertz CT molecular complexity index is 577. The summed E-state index contributed by atoms with van der Waals surface area (Å²) >= 11 is 0. The van der Waals surface area contributed by atoms with E-state index in [1.165, 1.54) is 38.5 Å². The normalized spacial score (nSPS) is 10.9. The number of esters is 2. The number of hydrogen-bond acceptors (Lipinski definition) is 4. The van der Waals surface area contributed by atoms with Crippen molar-refractivity contribution in [2.24, 2.45) is 0 Å². The van der Waals surface area contributed by atoms with Gasteiger partial charge < -0.3 is 9.47 Å². The maximum atomic E-state index is 12.3. The summed E-state index contributed by atoms with van der Waals surface area (Å²) in [6, 6.07) is 6.62. The predicted octanol–water partition coefficient (Wildman–Crippen LogP) is 6.11. The fourth-order valence-corrected chi connectivity index (χ4v) is 2.66. The Kier molecular flexibility index (Phi) is 12.7. The first-order valence-corrected chi connectivity index (χ1v) is 10.3. The van der Waals surface area contributed by atoms with E-state index in [0.717, 1.165) is 19.3 Å². The summed E-state index contributed by atoms with van der Waals surface area (Å²) in [5.41, 5.74) is 0.512. The van der Waals surface area contributed by atoms with Crippen molar-refractivity contribution >= 4 is 11.9 Å². The summed E-state index contributed by atoms with van der Waals surface area (Å²) < 4.78 is 10.5. The molecule has 27 heavy (non-hydrogen) atoms. The van der Waals surface area contributed by atoms with Crippen LogP contribution in [0.1, 0.15) is 92.4 Å². The molecule has 0 saturated carbocycles. The molecule has 4 nitrogen and oxygen atoms in total. The Morgan fingerprint density at radius 3 is 2.04 bits per heavy atom. The van der Waals surface area contributed by atoms with Crippen molar-refractivity contribution in [3.63, 3.8) is 0 Å². The molecule has 0 radical (unpaired) electrons. The van der Waals surface area contributed by atoms with Gasteiger partial charge in [0, 0.05) is 0 Å². The summed E-state index contributed by atoms with van der Waals surface area (Å²) in [5.74, 6) is -0.975. The largest absolute Gasteiger partial charge is 0.462 e. The summed E-state index contributed by atoms with van der Waals surface area (Å²) in [6.07, 6.45) is 14.3. The highest BCUT2D eigenvalue weighted by Gasteiger charge is 2.18. The second-order valence-electron chi connectivity index (χ2n) is 6.66. The second-order valence-corrected chi connectivity index (χ2v) is 6.66. The van der Waals surface area contributed by atoms with Crippen molar-refractivity contribution in [1.29, 1.82) is 0 Å². The zero-order valence-electron chi connectivity index (χ0n) is 16.9. The molecule has 0 unspecified atom stereocenters. The van der Waals surface area contributed by atoms with Gasteiger partial charge in [-0.15, -0.1) is 0 Å². The smallest absolute Gasteiger partial charge is 0.339 e. The number of hydrogen-bond donors (Lipinski definition) is 0. The first kappa shape index (κ1) is 22.9. The van der Waals surface area contributed by atoms with Crippen LogP contribution < -0.4 is 0 Å². The van der Waals surface area contributed by atoms with Gasteiger partial charge in [0.1, 0.15) is 6.61 Å². The van der Waals surface area contributed by atoms with E-state index in [9.17, 15) is 9.59 Å². The highest BCUT2D eigenvalue weighted by molar-refractivity contribution is 6.03. The van der Waals surface area contributed by atoms with E-state index in [2.05, 4.69) is 13.0 Å². The van der Waals surface area contributed by atoms with Gasteiger partial charge >= 0.3 is 11.9 Å². The molecule has 1 aromatic rings. The molecule has 0 amide bonds. The Hall–Kier alpha value is -2.10. The third kappa shape index (κ3) is 9.97. The maximum Gasteiger partial charge on any atom is 0.339 e. The number of unbranched alkanes of at least 4 members (excludes halogenated alkanes) is 7. The van der Waals surface area contributed by atoms with Crippen LogP contribution in [0, 0.1) is 0 Å². The second kappa shape index (κ2) is 15.0. The van der Waals surface area contributed by atoms with Crippen LogP contribution in [0.4, 0.5) is 0 Å². The number of ether oxygens (including phenoxy) is 2. The van der Waals surface area contributed by atoms with Gasteiger partial charge in [-0.3, -0.25) is 0 Å². The van der Waals surface area contributed by atoms with Crippen LogP contribution in [0.2, 0.25) is 0 Å². The van der Waals surface area contributed by atoms with E-state index in [1.807, 2.05) is 13.0 Å². The van der Waals surface area contributed by atoms with Crippen LogP contribution in [0.25, 0.3) is 0 Å². The molecule has 0 aliphatic heterocycles. The number of carbonyl (C=O) groups is 2. The zero-order valence-corrected chi connectivity index (χ0v) is 16.9. The molecule has 0 aromatic heterocycles. The standard InChI is InChI=1S/C23H34O4/c1-3-5-7-8-9-10-11-12-15-19-27-23(25)21-17-14-13-16-20(21)22(24)26-18-6-4-2/h12-17H,3-11,18-19H2,1-2H3/b15-12+. The summed E-state index contributed by atoms with van der Waals surface area (Å²) in [4.78, 5) is 24.4. The van der Waals surface area contributed by atoms with Gasteiger partial charge in [-0.25, -0.2) is 9.59 Å². The average Bonchev–Trinajstić information content (AvgIpc) is 2.69. The molecule has 0 bridgehead atoms. The number of allylic oxidation sites excluding steroid dienone is 1. The fraction of sp³-hybridized carbons (Fsp3) is 0.565. The minimum absolute atomic E-state index is 0.216. The van der Waals surface area contributed by atoms with Gasteiger partial charge in [0.2, 0.25) is 0 Å². The van der Waals surface area contributed by atoms with Gasteiger partial charge in [-0.05, 0) is 31.4 Å². The number of carbonyl (C=O) groups excluding carboxylic acids is 2. The van der Waals surface area contributed by atoms with E-state index in [0.29, 0.717) is 6.61 Å². The molecule has 1 aromatic carbocycles. The van der Waals surface area contributed by atoms with Crippen molar-refractivity contribution in [3.05, 3.63) is 47.5 Å². The van der Waals surface area contributed by atoms with Gasteiger partial charge in [0.05, 0.1) is 17.7 Å². The minimum atomic E-state index is -0.498. The Morgan fingerprint density at radius 1 is 0.778 bits per heavy atom. The van der Waals surface area contributed by atoms with E-state index < -0.39 is 11.9 Å². The highest BCUT2D eigenvalue weighted by atomic mass is 16.5. The SMILES string of the molecule is CCCCCCCC/C=C/COC(=O)c1ccccc1C(=O)OCCCC. The molecule has 1 rings (SSSR count). The van der Waals surface area contributed by atoms with Crippen LogP contribution in [0.5, 0.6) is 0 Å². The lowest BCUT2D eigenvalue weighted by Gasteiger charge is -2.08. The zero-order chi connectivity index (χ0) is 19.7.